The normalized spacial score (nSPS) is 11.2. The molecule has 4 nitrogen and oxygen atoms in total. The second-order valence-electron chi connectivity index (χ2n) is 6.78. The number of hydrogen-bond donors (Lipinski definition) is 1. The zero-order valence-electron chi connectivity index (χ0n) is 15.7. The van der Waals surface area contributed by atoms with E-state index < -0.39 is 0 Å². The number of nitrogens with one attached hydrogen (secondary N) is 1. The van der Waals surface area contributed by atoms with Gasteiger partial charge < -0.3 is 4.57 Å². The van der Waals surface area contributed by atoms with Gasteiger partial charge in [-0.1, -0.05) is 66.2 Å². The molecule has 0 unspecified atom stereocenters. The number of para-hydroxylation sites is 1. The van der Waals surface area contributed by atoms with E-state index in [0.717, 1.165) is 23.0 Å². The van der Waals surface area contributed by atoms with E-state index in [2.05, 4.69) is 64.6 Å². The molecule has 0 spiro atoms. The van der Waals surface area contributed by atoms with Crippen LogP contribution in [0.3, 0.4) is 0 Å². The topological polar surface area (TPSA) is 46.4 Å². The maximum atomic E-state index is 12.1. The quantitative estimate of drug-likeness (QED) is 0.401. The monoisotopic (exact) mass is 367 g/mol. The summed E-state index contributed by atoms with van der Waals surface area (Å²) in [5.74, 6) is -0.222. The van der Waals surface area contributed by atoms with E-state index in [4.69, 9.17) is 0 Å². The number of fused-ring (bicyclic) bond motifs is 1. The Morgan fingerprint density at radius 2 is 1.79 bits per heavy atom. The fraction of sp³-hybridized carbons (Fsp3) is 0.0833. The molecule has 1 N–H and O–H groups in total. The Labute approximate surface area is 164 Å². The number of rotatable bonds is 5. The fourth-order valence-electron chi connectivity index (χ4n) is 3.33. The Kier molecular flexibility index (Phi) is 5.02. The molecule has 138 valence electrons. The van der Waals surface area contributed by atoms with Crippen molar-refractivity contribution in [1.82, 2.24) is 9.99 Å². The highest BCUT2D eigenvalue weighted by atomic mass is 16.2. The average Bonchev–Trinajstić information content (AvgIpc) is 3.06. The predicted molar refractivity (Wildman–Crippen MR) is 114 cm³/mol. The van der Waals surface area contributed by atoms with Crippen molar-refractivity contribution in [1.29, 1.82) is 0 Å². The van der Waals surface area contributed by atoms with Crippen LogP contribution in [-0.2, 0) is 6.54 Å². The van der Waals surface area contributed by atoms with Gasteiger partial charge in [0.1, 0.15) is 0 Å². The first-order chi connectivity index (χ1) is 13.7. The van der Waals surface area contributed by atoms with Crippen LogP contribution in [-0.4, -0.2) is 16.7 Å². The lowest BCUT2D eigenvalue weighted by molar-refractivity contribution is 0.0955. The molecule has 0 fully saturated rings. The summed E-state index contributed by atoms with van der Waals surface area (Å²) in [6.07, 6.45) is 3.78. The van der Waals surface area contributed by atoms with Crippen molar-refractivity contribution in [3.8, 4) is 0 Å². The predicted octanol–water partition coefficient (Wildman–Crippen LogP) is 4.76. The molecular formula is C24H21N3O. The van der Waals surface area contributed by atoms with Crippen molar-refractivity contribution in [2.45, 2.75) is 13.5 Å². The van der Waals surface area contributed by atoms with Gasteiger partial charge in [0.2, 0.25) is 0 Å². The molecule has 0 atom stereocenters. The molecule has 3 aromatic carbocycles. The molecule has 0 saturated heterocycles. The summed E-state index contributed by atoms with van der Waals surface area (Å²) in [6.45, 7) is 2.89. The first-order valence-electron chi connectivity index (χ1n) is 9.22. The number of benzene rings is 3. The minimum atomic E-state index is -0.222. The third-order valence-corrected chi connectivity index (χ3v) is 4.66. The van der Waals surface area contributed by atoms with E-state index in [1.165, 1.54) is 11.1 Å². The smallest absolute Gasteiger partial charge is 0.271 e. The number of aryl methyl sites for hydroxylation is 1. The highest BCUT2D eigenvalue weighted by molar-refractivity contribution is 6.00. The summed E-state index contributed by atoms with van der Waals surface area (Å²) < 4.78 is 2.21. The van der Waals surface area contributed by atoms with E-state index in [0.29, 0.717) is 5.56 Å². The van der Waals surface area contributed by atoms with Crippen LogP contribution in [0.2, 0.25) is 0 Å². The van der Waals surface area contributed by atoms with Gasteiger partial charge in [-0.25, -0.2) is 5.43 Å². The van der Waals surface area contributed by atoms with Gasteiger partial charge in [-0.3, -0.25) is 4.79 Å². The van der Waals surface area contributed by atoms with Crippen molar-refractivity contribution in [2.24, 2.45) is 5.10 Å². The number of carbonyl (C=O) groups is 1. The second kappa shape index (κ2) is 7.92. The van der Waals surface area contributed by atoms with Crippen molar-refractivity contribution >= 4 is 23.0 Å². The van der Waals surface area contributed by atoms with Crippen LogP contribution in [0.4, 0.5) is 0 Å². The van der Waals surface area contributed by atoms with E-state index in [1.807, 2.05) is 30.3 Å². The number of hydrogen-bond acceptors (Lipinski definition) is 2. The lowest BCUT2D eigenvalue weighted by atomic mass is 10.1. The van der Waals surface area contributed by atoms with E-state index in [-0.39, 0.29) is 5.91 Å². The summed E-state index contributed by atoms with van der Waals surface area (Å²) in [4.78, 5) is 12.1. The fourth-order valence-corrected chi connectivity index (χ4v) is 3.33. The third kappa shape index (κ3) is 3.86. The Morgan fingerprint density at radius 1 is 1.00 bits per heavy atom. The second-order valence-corrected chi connectivity index (χ2v) is 6.78. The van der Waals surface area contributed by atoms with Gasteiger partial charge >= 0.3 is 0 Å². The first-order valence-corrected chi connectivity index (χ1v) is 9.22. The van der Waals surface area contributed by atoms with Gasteiger partial charge in [0, 0.05) is 34.8 Å². The summed E-state index contributed by atoms with van der Waals surface area (Å²) in [5, 5.41) is 5.27. The zero-order valence-corrected chi connectivity index (χ0v) is 15.7. The van der Waals surface area contributed by atoms with Crippen LogP contribution in [0.5, 0.6) is 0 Å². The van der Waals surface area contributed by atoms with Gasteiger partial charge in [0.05, 0.1) is 6.21 Å². The van der Waals surface area contributed by atoms with Crippen LogP contribution >= 0.6 is 0 Å². The molecule has 0 aliphatic heterocycles. The Bertz CT molecular complexity index is 1140. The number of nitrogens with zero attached hydrogens (tertiary/aromatic N) is 2. The molecule has 0 saturated carbocycles. The Hall–Kier alpha value is -3.66. The van der Waals surface area contributed by atoms with E-state index >= 15 is 0 Å². The molecule has 0 radical (unpaired) electrons. The summed E-state index contributed by atoms with van der Waals surface area (Å²) in [7, 11) is 0. The van der Waals surface area contributed by atoms with E-state index in [1.54, 1.807) is 18.3 Å². The summed E-state index contributed by atoms with van der Waals surface area (Å²) in [6, 6.07) is 25.8. The first kappa shape index (κ1) is 17.7. The molecule has 0 bridgehead atoms. The molecule has 1 aromatic heterocycles. The van der Waals surface area contributed by atoms with Gasteiger partial charge in [0.15, 0.2) is 0 Å². The number of amides is 1. The Morgan fingerprint density at radius 3 is 2.61 bits per heavy atom. The van der Waals surface area contributed by atoms with Crippen LogP contribution < -0.4 is 5.43 Å². The number of aromatic nitrogens is 1. The largest absolute Gasteiger partial charge is 0.342 e. The average molecular weight is 367 g/mol. The van der Waals surface area contributed by atoms with Crippen LogP contribution in [0.15, 0.2) is 90.2 Å². The molecule has 28 heavy (non-hydrogen) atoms. The van der Waals surface area contributed by atoms with Crippen molar-refractivity contribution in [3.05, 3.63) is 107 Å². The zero-order chi connectivity index (χ0) is 19.3. The lowest BCUT2D eigenvalue weighted by Crippen LogP contribution is -2.17. The highest BCUT2D eigenvalue weighted by Crippen LogP contribution is 2.21. The standard InChI is InChI=1S/C24H21N3O/c1-18-8-7-9-19(14-18)16-27-17-21(22-12-5-6-13-23(22)27)15-25-26-24(28)20-10-3-2-4-11-20/h2-15,17H,16H2,1H3,(H,26,28)/b25-15-. The molecule has 4 rings (SSSR count). The van der Waals surface area contributed by atoms with Crippen molar-refractivity contribution in [2.75, 3.05) is 0 Å². The molecule has 0 aliphatic carbocycles. The van der Waals surface area contributed by atoms with Crippen LogP contribution in [0, 0.1) is 6.92 Å². The maximum Gasteiger partial charge on any atom is 0.271 e. The molecule has 4 aromatic rings. The molecule has 1 heterocycles. The molecule has 4 heteroatoms. The third-order valence-electron chi connectivity index (χ3n) is 4.66. The Balaban J connectivity index is 1.58. The van der Waals surface area contributed by atoms with Crippen molar-refractivity contribution < 1.29 is 4.79 Å². The minimum Gasteiger partial charge on any atom is -0.342 e. The lowest BCUT2D eigenvalue weighted by Gasteiger charge is -2.06. The molecule has 1 amide bonds. The number of carbonyl (C=O) groups excluding carboxylic acids is 1. The van der Waals surface area contributed by atoms with Crippen LogP contribution in [0.1, 0.15) is 27.0 Å². The molecule has 0 aliphatic rings. The van der Waals surface area contributed by atoms with Gasteiger partial charge in [-0.2, -0.15) is 5.10 Å². The van der Waals surface area contributed by atoms with Gasteiger partial charge in [-0.15, -0.1) is 0 Å². The van der Waals surface area contributed by atoms with Gasteiger partial charge in [-0.05, 0) is 30.7 Å². The summed E-state index contributed by atoms with van der Waals surface area (Å²) >= 11 is 0. The SMILES string of the molecule is Cc1cccc(Cn2cc(/C=N\NC(=O)c3ccccc3)c3ccccc32)c1. The summed E-state index contributed by atoms with van der Waals surface area (Å²) in [5.41, 5.74) is 7.79. The highest BCUT2D eigenvalue weighted by Gasteiger charge is 2.08. The molecular weight excluding hydrogens is 346 g/mol. The van der Waals surface area contributed by atoms with Gasteiger partial charge in [0.25, 0.3) is 5.91 Å². The van der Waals surface area contributed by atoms with E-state index in [9.17, 15) is 4.79 Å². The van der Waals surface area contributed by atoms with Crippen LogP contribution in [0.25, 0.3) is 10.9 Å². The maximum absolute atomic E-state index is 12.1. The minimum absolute atomic E-state index is 0.222. The van der Waals surface area contributed by atoms with Crippen molar-refractivity contribution in [3.63, 3.8) is 0 Å². The number of hydrazone groups is 1.